The molecule has 0 aliphatic rings. The molecule has 2 aromatic rings. The molecule has 2 rings (SSSR count). The Bertz CT molecular complexity index is 662. The first-order valence-electron chi connectivity index (χ1n) is 6.43. The van der Waals surface area contributed by atoms with E-state index in [4.69, 9.17) is 15.2 Å². The normalized spacial score (nSPS) is 10.8. The highest BCUT2D eigenvalue weighted by Crippen LogP contribution is 2.35. The van der Waals surface area contributed by atoms with Crippen molar-refractivity contribution < 1.29 is 9.47 Å². The molecule has 0 aliphatic carbocycles. The number of nitrogens with two attached hydrogens (primary N) is 1. The number of aromatic nitrogens is 3. The molecule has 21 heavy (non-hydrogen) atoms. The number of rotatable bonds is 4. The molecule has 2 aromatic heterocycles. The zero-order valence-electron chi connectivity index (χ0n) is 12.3. The van der Waals surface area contributed by atoms with Crippen molar-refractivity contribution in [3.8, 4) is 17.4 Å². The van der Waals surface area contributed by atoms with Crippen LogP contribution in [0.1, 0.15) is 31.3 Å². The van der Waals surface area contributed by atoms with Crippen LogP contribution in [0, 0.1) is 10.5 Å². The predicted molar refractivity (Wildman–Crippen MR) is 88.9 cm³/mol. The molecule has 6 nitrogen and oxygen atoms in total. The lowest BCUT2D eigenvalue weighted by atomic mass is 10.1. The molecule has 0 unspecified atom stereocenters. The van der Waals surface area contributed by atoms with E-state index in [0.717, 1.165) is 9.26 Å². The van der Waals surface area contributed by atoms with Gasteiger partial charge in [-0.05, 0) is 35.4 Å². The Balaban J connectivity index is 2.45. The Morgan fingerprint density at radius 2 is 1.95 bits per heavy atom. The number of halogens is 1. The molecule has 0 atom stereocenters. The Morgan fingerprint density at radius 1 is 1.24 bits per heavy atom. The van der Waals surface area contributed by atoms with Crippen molar-refractivity contribution in [2.24, 2.45) is 0 Å². The maximum atomic E-state index is 5.87. The summed E-state index contributed by atoms with van der Waals surface area (Å²) in [6.07, 6.45) is 1.57. The van der Waals surface area contributed by atoms with Crippen LogP contribution in [0.25, 0.3) is 0 Å². The summed E-state index contributed by atoms with van der Waals surface area (Å²) in [5.41, 5.74) is 6.66. The molecule has 0 saturated carbocycles. The SMILES string of the molecule is COc1nc(C(C)C)c(Oc2cnc(C)nc2N)cc1I. The Hall–Kier alpha value is -1.64. The molecule has 0 fully saturated rings. The highest BCUT2D eigenvalue weighted by Gasteiger charge is 2.17. The molecule has 112 valence electrons. The van der Waals surface area contributed by atoms with Gasteiger partial charge in [-0.25, -0.2) is 15.0 Å². The highest BCUT2D eigenvalue weighted by molar-refractivity contribution is 14.1. The van der Waals surface area contributed by atoms with Crippen LogP contribution in [-0.2, 0) is 0 Å². The van der Waals surface area contributed by atoms with Crippen LogP contribution < -0.4 is 15.2 Å². The number of nitrogen functional groups attached to an aromatic ring is 1. The number of methoxy groups -OCH3 is 1. The fourth-order valence-corrected chi connectivity index (χ4v) is 2.40. The van der Waals surface area contributed by atoms with Gasteiger partial charge in [-0.1, -0.05) is 13.8 Å². The molecule has 0 bridgehead atoms. The lowest BCUT2D eigenvalue weighted by Crippen LogP contribution is -2.04. The minimum atomic E-state index is 0.179. The van der Waals surface area contributed by atoms with E-state index in [1.165, 1.54) is 0 Å². The van der Waals surface area contributed by atoms with E-state index in [1.807, 2.05) is 19.9 Å². The topological polar surface area (TPSA) is 83.2 Å². The monoisotopic (exact) mass is 400 g/mol. The third-order valence-corrected chi connectivity index (χ3v) is 3.57. The van der Waals surface area contributed by atoms with Crippen molar-refractivity contribution in [2.45, 2.75) is 26.7 Å². The van der Waals surface area contributed by atoms with E-state index in [0.29, 0.717) is 29.0 Å². The standard InChI is InChI=1S/C14H17IN4O2/c1-7(2)12-10(5-9(15)14(19-12)20-4)21-11-6-17-8(3)18-13(11)16/h5-7H,1-4H3,(H2,16,17,18). The number of pyridine rings is 1. The molecular formula is C14H17IN4O2. The second-order valence-electron chi connectivity index (χ2n) is 4.79. The molecule has 0 amide bonds. The second-order valence-corrected chi connectivity index (χ2v) is 5.95. The fraction of sp³-hybridized carbons (Fsp3) is 0.357. The van der Waals surface area contributed by atoms with Crippen molar-refractivity contribution in [3.05, 3.63) is 27.4 Å². The van der Waals surface area contributed by atoms with E-state index < -0.39 is 0 Å². The minimum Gasteiger partial charge on any atom is -0.480 e. The summed E-state index contributed by atoms with van der Waals surface area (Å²) in [5.74, 6) is 2.73. The number of aryl methyl sites for hydroxylation is 1. The van der Waals surface area contributed by atoms with Gasteiger partial charge in [-0.2, -0.15) is 0 Å². The summed E-state index contributed by atoms with van der Waals surface area (Å²) in [6.45, 7) is 5.85. The molecule has 0 aromatic carbocycles. The first-order valence-corrected chi connectivity index (χ1v) is 7.51. The van der Waals surface area contributed by atoms with Crippen LogP contribution in [0.15, 0.2) is 12.3 Å². The number of nitrogens with zero attached hydrogens (tertiary/aromatic N) is 3. The van der Waals surface area contributed by atoms with Crippen molar-refractivity contribution in [2.75, 3.05) is 12.8 Å². The summed E-state index contributed by atoms with van der Waals surface area (Å²) in [6, 6.07) is 1.88. The second kappa shape index (κ2) is 6.42. The van der Waals surface area contributed by atoms with Crippen LogP contribution in [-0.4, -0.2) is 22.1 Å². The summed E-state index contributed by atoms with van der Waals surface area (Å²) >= 11 is 2.15. The van der Waals surface area contributed by atoms with Crippen molar-refractivity contribution in [1.82, 2.24) is 15.0 Å². The van der Waals surface area contributed by atoms with Gasteiger partial charge in [-0.15, -0.1) is 0 Å². The van der Waals surface area contributed by atoms with Gasteiger partial charge in [0.2, 0.25) is 5.88 Å². The highest BCUT2D eigenvalue weighted by atomic mass is 127. The zero-order valence-corrected chi connectivity index (χ0v) is 14.5. The van der Waals surface area contributed by atoms with Crippen LogP contribution in [0.4, 0.5) is 5.82 Å². The van der Waals surface area contributed by atoms with Crippen LogP contribution in [0.2, 0.25) is 0 Å². The largest absolute Gasteiger partial charge is 0.480 e. The molecule has 0 spiro atoms. The molecule has 2 heterocycles. The number of hydrogen-bond donors (Lipinski definition) is 1. The fourth-order valence-electron chi connectivity index (χ4n) is 1.78. The quantitative estimate of drug-likeness (QED) is 0.794. The van der Waals surface area contributed by atoms with Gasteiger partial charge in [-0.3, -0.25) is 0 Å². The minimum absolute atomic E-state index is 0.179. The van der Waals surface area contributed by atoms with Gasteiger partial charge in [0.1, 0.15) is 5.82 Å². The predicted octanol–water partition coefficient (Wildman–Crippen LogP) is 3.29. The van der Waals surface area contributed by atoms with Gasteiger partial charge in [0.25, 0.3) is 0 Å². The molecule has 0 radical (unpaired) electrons. The van der Waals surface area contributed by atoms with E-state index in [1.54, 1.807) is 20.2 Å². The molecular weight excluding hydrogens is 383 g/mol. The summed E-state index contributed by atoms with van der Waals surface area (Å²) < 4.78 is 12.0. The van der Waals surface area contributed by atoms with E-state index in [-0.39, 0.29) is 5.92 Å². The number of anilines is 1. The first kappa shape index (κ1) is 15.7. The average molecular weight is 400 g/mol. The lowest BCUT2D eigenvalue weighted by Gasteiger charge is -2.15. The molecule has 7 heteroatoms. The van der Waals surface area contributed by atoms with Gasteiger partial charge < -0.3 is 15.2 Å². The van der Waals surface area contributed by atoms with Gasteiger partial charge in [0.15, 0.2) is 17.3 Å². The van der Waals surface area contributed by atoms with Gasteiger partial charge in [0, 0.05) is 6.07 Å². The van der Waals surface area contributed by atoms with E-state index in [9.17, 15) is 0 Å². The maximum absolute atomic E-state index is 5.87. The van der Waals surface area contributed by atoms with Crippen LogP contribution >= 0.6 is 22.6 Å². The van der Waals surface area contributed by atoms with Crippen molar-refractivity contribution in [3.63, 3.8) is 0 Å². The van der Waals surface area contributed by atoms with Crippen LogP contribution in [0.3, 0.4) is 0 Å². The third kappa shape index (κ3) is 3.52. The Kier molecular flexibility index (Phi) is 4.81. The molecule has 0 aliphatic heterocycles. The van der Waals surface area contributed by atoms with Crippen molar-refractivity contribution >= 4 is 28.4 Å². The number of hydrogen-bond acceptors (Lipinski definition) is 6. The summed E-state index contributed by atoms with van der Waals surface area (Å²) in [5, 5.41) is 0. The maximum Gasteiger partial charge on any atom is 0.227 e. The molecule has 0 saturated heterocycles. The average Bonchev–Trinajstić information content (AvgIpc) is 2.41. The third-order valence-electron chi connectivity index (χ3n) is 2.80. The Labute approximate surface area is 137 Å². The zero-order chi connectivity index (χ0) is 15.6. The lowest BCUT2D eigenvalue weighted by molar-refractivity contribution is 0.387. The van der Waals surface area contributed by atoms with E-state index in [2.05, 4.69) is 37.5 Å². The summed E-state index contributed by atoms with van der Waals surface area (Å²) in [4.78, 5) is 12.7. The van der Waals surface area contributed by atoms with Gasteiger partial charge in [0.05, 0.1) is 22.6 Å². The first-order chi connectivity index (χ1) is 9.92. The summed E-state index contributed by atoms with van der Waals surface area (Å²) in [7, 11) is 1.60. The van der Waals surface area contributed by atoms with Crippen LogP contribution in [0.5, 0.6) is 17.4 Å². The molecule has 2 N–H and O–H groups in total. The van der Waals surface area contributed by atoms with E-state index >= 15 is 0 Å². The van der Waals surface area contributed by atoms with Crippen molar-refractivity contribution in [1.29, 1.82) is 0 Å². The number of ether oxygens (including phenoxy) is 2. The smallest absolute Gasteiger partial charge is 0.227 e. The Morgan fingerprint density at radius 3 is 2.52 bits per heavy atom. The van der Waals surface area contributed by atoms with Gasteiger partial charge >= 0.3 is 0 Å².